The van der Waals surface area contributed by atoms with Crippen molar-refractivity contribution in [2.24, 2.45) is 0 Å². The van der Waals surface area contributed by atoms with Gasteiger partial charge in [-0.1, -0.05) is 11.6 Å². The van der Waals surface area contributed by atoms with Crippen molar-refractivity contribution in [2.45, 2.75) is 0 Å². The Balaban J connectivity index is 2.83. The molecule has 5 heteroatoms. The highest BCUT2D eigenvalue weighted by molar-refractivity contribution is 6.33. The number of ether oxygens (including phenoxy) is 1. The van der Waals surface area contributed by atoms with Gasteiger partial charge in [0, 0.05) is 0 Å². The van der Waals surface area contributed by atoms with Gasteiger partial charge in [0.25, 0.3) is 0 Å². The molecule has 1 rings (SSSR count). The maximum Gasteiger partial charge on any atom is 0.337 e. The van der Waals surface area contributed by atoms with Crippen LogP contribution in [0.25, 0.3) is 0 Å². The molecule has 0 aromatic heterocycles. The molecular weight excluding hydrogens is 208 g/mol. The maximum atomic E-state index is 10.6. The quantitative estimate of drug-likeness (QED) is 0.799. The van der Waals surface area contributed by atoms with Gasteiger partial charge in [-0.05, 0) is 18.2 Å². The molecule has 0 radical (unpaired) electrons. The first kappa shape index (κ1) is 10.8. The first-order chi connectivity index (χ1) is 6.65. The molecule has 0 aliphatic heterocycles. The molecule has 0 fully saturated rings. The lowest BCUT2D eigenvalue weighted by molar-refractivity contribution is 0.0697. The minimum Gasteiger partial charge on any atom is -0.491 e. The average molecular weight is 217 g/mol. The summed E-state index contributed by atoms with van der Waals surface area (Å²) in [6, 6.07) is 4.25. The van der Waals surface area contributed by atoms with Crippen molar-refractivity contribution in [2.75, 3.05) is 13.2 Å². The van der Waals surface area contributed by atoms with Gasteiger partial charge in [-0.3, -0.25) is 0 Å². The summed E-state index contributed by atoms with van der Waals surface area (Å²) in [6.07, 6.45) is 0. The zero-order valence-electron chi connectivity index (χ0n) is 7.24. The van der Waals surface area contributed by atoms with Crippen LogP contribution in [-0.4, -0.2) is 29.4 Å². The van der Waals surface area contributed by atoms with Gasteiger partial charge in [0.05, 0.1) is 17.2 Å². The van der Waals surface area contributed by atoms with E-state index in [1.54, 1.807) is 0 Å². The lowest BCUT2D eigenvalue weighted by Gasteiger charge is -2.05. The van der Waals surface area contributed by atoms with Crippen LogP contribution >= 0.6 is 11.6 Å². The molecule has 0 unspecified atom stereocenters. The van der Waals surface area contributed by atoms with Crippen molar-refractivity contribution in [3.8, 4) is 5.75 Å². The fourth-order valence-electron chi connectivity index (χ4n) is 0.923. The minimum absolute atomic E-state index is 0.0306. The summed E-state index contributed by atoms with van der Waals surface area (Å²) in [5.74, 6) is -0.641. The summed E-state index contributed by atoms with van der Waals surface area (Å²) >= 11 is 5.68. The van der Waals surface area contributed by atoms with Crippen molar-refractivity contribution >= 4 is 17.6 Å². The standard InChI is InChI=1S/C9H9ClO4/c10-8-5-6(14-4-3-11)1-2-7(8)9(12)13/h1-2,5,11H,3-4H2,(H,12,13). The Morgan fingerprint density at radius 3 is 2.71 bits per heavy atom. The Bertz CT molecular complexity index is 338. The third kappa shape index (κ3) is 2.61. The monoisotopic (exact) mass is 216 g/mol. The number of hydrogen-bond acceptors (Lipinski definition) is 3. The van der Waals surface area contributed by atoms with E-state index >= 15 is 0 Å². The number of carboxylic acids is 1. The summed E-state index contributed by atoms with van der Waals surface area (Å²) in [6.45, 7) is 0.0566. The van der Waals surface area contributed by atoms with Gasteiger partial charge in [-0.25, -0.2) is 4.79 Å². The fraction of sp³-hybridized carbons (Fsp3) is 0.222. The van der Waals surface area contributed by atoms with Crippen molar-refractivity contribution in [3.63, 3.8) is 0 Å². The van der Waals surface area contributed by atoms with E-state index in [9.17, 15) is 4.79 Å². The van der Waals surface area contributed by atoms with Crippen LogP contribution in [0.5, 0.6) is 5.75 Å². The van der Waals surface area contributed by atoms with E-state index in [0.717, 1.165) is 0 Å². The molecule has 0 amide bonds. The normalized spacial score (nSPS) is 9.86. The van der Waals surface area contributed by atoms with E-state index in [0.29, 0.717) is 5.75 Å². The molecule has 0 saturated carbocycles. The molecule has 0 atom stereocenters. The Labute approximate surface area is 85.7 Å². The van der Waals surface area contributed by atoms with Crippen LogP contribution in [0.4, 0.5) is 0 Å². The van der Waals surface area contributed by atoms with Crippen LogP contribution in [0.2, 0.25) is 5.02 Å². The summed E-state index contributed by atoms with van der Waals surface area (Å²) in [5, 5.41) is 17.3. The highest BCUT2D eigenvalue weighted by atomic mass is 35.5. The van der Waals surface area contributed by atoms with Crippen molar-refractivity contribution in [1.82, 2.24) is 0 Å². The fourth-order valence-corrected chi connectivity index (χ4v) is 1.17. The van der Waals surface area contributed by atoms with Crippen LogP contribution < -0.4 is 4.74 Å². The SMILES string of the molecule is O=C(O)c1ccc(OCCO)cc1Cl. The average Bonchev–Trinajstić information content (AvgIpc) is 2.14. The summed E-state index contributed by atoms with van der Waals surface area (Å²) in [5.41, 5.74) is 0.0306. The molecule has 0 bridgehead atoms. The first-order valence-corrected chi connectivity index (χ1v) is 4.29. The number of rotatable bonds is 4. The topological polar surface area (TPSA) is 66.8 Å². The third-order valence-electron chi connectivity index (χ3n) is 1.53. The van der Waals surface area contributed by atoms with E-state index < -0.39 is 5.97 Å². The van der Waals surface area contributed by atoms with E-state index in [4.69, 9.17) is 26.6 Å². The van der Waals surface area contributed by atoms with Gasteiger partial charge in [-0.15, -0.1) is 0 Å². The summed E-state index contributed by atoms with van der Waals surface area (Å²) < 4.78 is 5.04. The van der Waals surface area contributed by atoms with Crippen LogP contribution in [0.1, 0.15) is 10.4 Å². The number of hydrogen-bond donors (Lipinski definition) is 2. The molecule has 1 aromatic rings. The number of carboxylic acid groups (broad SMARTS) is 1. The second-order valence-corrected chi connectivity index (χ2v) is 2.93. The predicted molar refractivity (Wildman–Crippen MR) is 51.0 cm³/mol. The second-order valence-electron chi connectivity index (χ2n) is 2.52. The predicted octanol–water partition coefficient (Wildman–Crippen LogP) is 1.41. The largest absolute Gasteiger partial charge is 0.491 e. The number of halogens is 1. The number of benzene rings is 1. The van der Waals surface area contributed by atoms with Gasteiger partial charge in [-0.2, -0.15) is 0 Å². The number of carbonyl (C=O) groups is 1. The zero-order chi connectivity index (χ0) is 10.6. The molecule has 14 heavy (non-hydrogen) atoms. The minimum atomic E-state index is -1.08. The van der Waals surface area contributed by atoms with E-state index in [-0.39, 0.29) is 23.8 Å². The van der Waals surface area contributed by atoms with Crippen LogP contribution in [0, 0.1) is 0 Å². The third-order valence-corrected chi connectivity index (χ3v) is 1.84. The molecule has 1 aromatic carbocycles. The molecule has 0 spiro atoms. The molecule has 0 aliphatic carbocycles. The smallest absolute Gasteiger partial charge is 0.337 e. The second kappa shape index (κ2) is 4.83. The van der Waals surface area contributed by atoms with Gasteiger partial charge in [0.1, 0.15) is 12.4 Å². The Hall–Kier alpha value is -1.26. The highest BCUT2D eigenvalue weighted by Crippen LogP contribution is 2.22. The molecule has 76 valence electrons. The molecule has 0 heterocycles. The van der Waals surface area contributed by atoms with E-state index in [1.165, 1.54) is 18.2 Å². The van der Waals surface area contributed by atoms with Crippen molar-refractivity contribution < 1.29 is 19.7 Å². The van der Waals surface area contributed by atoms with Crippen LogP contribution in [0.15, 0.2) is 18.2 Å². The lowest BCUT2D eigenvalue weighted by atomic mass is 10.2. The molecule has 0 saturated heterocycles. The number of aliphatic hydroxyl groups is 1. The van der Waals surface area contributed by atoms with Crippen molar-refractivity contribution in [1.29, 1.82) is 0 Å². The maximum absolute atomic E-state index is 10.6. The van der Waals surface area contributed by atoms with Crippen LogP contribution in [-0.2, 0) is 0 Å². The molecular formula is C9H9ClO4. The van der Waals surface area contributed by atoms with Gasteiger partial charge in [0.2, 0.25) is 0 Å². The van der Waals surface area contributed by atoms with E-state index in [1.807, 2.05) is 0 Å². The molecule has 4 nitrogen and oxygen atoms in total. The Kier molecular flexibility index (Phi) is 3.73. The van der Waals surface area contributed by atoms with Gasteiger partial charge in [0.15, 0.2) is 0 Å². The number of aromatic carboxylic acids is 1. The first-order valence-electron chi connectivity index (χ1n) is 3.91. The lowest BCUT2D eigenvalue weighted by Crippen LogP contribution is -2.03. The number of aliphatic hydroxyl groups excluding tert-OH is 1. The van der Waals surface area contributed by atoms with Crippen LogP contribution in [0.3, 0.4) is 0 Å². The van der Waals surface area contributed by atoms with Gasteiger partial charge >= 0.3 is 5.97 Å². The Morgan fingerprint density at radius 1 is 1.50 bits per heavy atom. The van der Waals surface area contributed by atoms with E-state index in [2.05, 4.69) is 0 Å². The zero-order valence-corrected chi connectivity index (χ0v) is 7.99. The Morgan fingerprint density at radius 2 is 2.21 bits per heavy atom. The molecule has 2 N–H and O–H groups in total. The van der Waals surface area contributed by atoms with Crippen molar-refractivity contribution in [3.05, 3.63) is 28.8 Å². The van der Waals surface area contributed by atoms with Gasteiger partial charge < -0.3 is 14.9 Å². The summed E-state index contributed by atoms with van der Waals surface area (Å²) in [4.78, 5) is 10.6. The summed E-state index contributed by atoms with van der Waals surface area (Å²) in [7, 11) is 0. The highest BCUT2D eigenvalue weighted by Gasteiger charge is 2.08. The molecule has 0 aliphatic rings.